The number of hydrogen-bond acceptors (Lipinski definition) is 5. The van der Waals surface area contributed by atoms with E-state index in [0.29, 0.717) is 0 Å². The Labute approximate surface area is 45.6 Å². The van der Waals surface area contributed by atoms with Gasteiger partial charge in [0.15, 0.2) is 0 Å². The van der Waals surface area contributed by atoms with Crippen molar-refractivity contribution < 1.29 is 12.7 Å². The fourth-order valence-corrected chi connectivity index (χ4v) is 0.759. The van der Waals surface area contributed by atoms with Crippen LogP contribution in [0.15, 0.2) is 4.40 Å². The third kappa shape index (κ3) is 0.873. The Bertz CT molecular complexity index is 215. The first-order chi connectivity index (χ1) is 3.60. The Morgan fingerprint density at radius 1 is 1.75 bits per heavy atom. The molecule has 1 aliphatic rings. The summed E-state index contributed by atoms with van der Waals surface area (Å²) in [6, 6.07) is 0. The fourth-order valence-electron chi connectivity index (χ4n) is 0.253. The van der Waals surface area contributed by atoms with Gasteiger partial charge in [0.2, 0.25) is 5.96 Å². The van der Waals surface area contributed by atoms with Gasteiger partial charge in [-0.25, -0.2) is 5.48 Å². The van der Waals surface area contributed by atoms with Crippen LogP contribution >= 0.6 is 0 Å². The first-order valence-electron chi connectivity index (χ1n) is 1.65. The smallest absolute Gasteiger partial charge is 0.367 e. The summed E-state index contributed by atoms with van der Waals surface area (Å²) < 4.78 is 26.9. The van der Waals surface area contributed by atoms with E-state index in [2.05, 4.69) is 8.68 Å². The lowest BCUT2D eigenvalue weighted by atomic mass is 11.1. The van der Waals surface area contributed by atoms with Crippen molar-refractivity contribution >= 4 is 16.3 Å². The van der Waals surface area contributed by atoms with Crippen LogP contribution in [0, 0.1) is 0 Å². The molecule has 0 unspecified atom stereocenters. The number of hydroxylamine groups is 1. The monoisotopic (exact) mass is 137 g/mol. The number of rotatable bonds is 0. The molecule has 0 atom stereocenters. The zero-order valence-corrected chi connectivity index (χ0v) is 4.47. The highest BCUT2D eigenvalue weighted by atomic mass is 32.2. The van der Waals surface area contributed by atoms with Crippen LogP contribution in [0.1, 0.15) is 0 Å². The standard InChI is InChI=1S/CH3N3O3S/c2-1-3-7-8(5,6)4-1/h(H3,2,3,4). The molecule has 1 rings (SSSR count). The predicted molar refractivity (Wildman–Crippen MR) is 24.8 cm³/mol. The molecule has 6 nitrogen and oxygen atoms in total. The maximum absolute atomic E-state index is 10.1. The Hall–Kier alpha value is -0.820. The van der Waals surface area contributed by atoms with E-state index in [0.717, 1.165) is 0 Å². The lowest BCUT2D eigenvalue weighted by molar-refractivity contribution is 0.280. The van der Waals surface area contributed by atoms with Crippen molar-refractivity contribution in [3.05, 3.63) is 0 Å². The number of nitrogens with one attached hydrogen (secondary N) is 1. The SMILES string of the molecule is NC1=NS(=O)(=O)ON1. The molecule has 0 amide bonds. The van der Waals surface area contributed by atoms with Crippen molar-refractivity contribution in [1.82, 2.24) is 5.48 Å². The Morgan fingerprint density at radius 3 is 2.50 bits per heavy atom. The largest absolute Gasteiger partial charge is 0.405 e. The lowest BCUT2D eigenvalue weighted by Crippen LogP contribution is -2.25. The maximum atomic E-state index is 10.1. The molecule has 1 heterocycles. The molecule has 0 aromatic carbocycles. The van der Waals surface area contributed by atoms with Crippen LogP contribution in [0.4, 0.5) is 0 Å². The second-order valence-electron chi connectivity index (χ2n) is 1.09. The van der Waals surface area contributed by atoms with Crippen molar-refractivity contribution in [2.24, 2.45) is 10.1 Å². The van der Waals surface area contributed by atoms with Crippen LogP contribution in [0.5, 0.6) is 0 Å². The van der Waals surface area contributed by atoms with E-state index in [1.165, 1.54) is 0 Å². The van der Waals surface area contributed by atoms with Gasteiger partial charge in [-0.3, -0.25) is 0 Å². The fraction of sp³-hybridized carbons (Fsp3) is 0. The topological polar surface area (TPSA) is 93.8 Å². The molecular weight excluding hydrogens is 134 g/mol. The highest BCUT2D eigenvalue weighted by Crippen LogP contribution is 1.96. The van der Waals surface area contributed by atoms with Crippen molar-refractivity contribution in [2.45, 2.75) is 0 Å². The third-order valence-corrected chi connectivity index (χ3v) is 1.18. The molecule has 0 bridgehead atoms. The van der Waals surface area contributed by atoms with Crippen molar-refractivity contribution in [2.75, 3.05) is 0 Å². The summed E-state index contributed by atoms with van der Waals surface area (Å²) >= 11 is 0. The van der Waals surface area contributed by atoms with E-state index < -0.39 is 10.3 Å². The van der Waals surface area contributed by atoms with E-state index in [1.807, 2.05) is 5.48 Å². The molecule has 0 fully saturated rings. The molecule has 0 radical (unpaired) electrons. The van der Waals surface area contributed by atoms with Gasteiger partial charge in [0, 0.05) is 0 Å². The predicted octanol–water partition coefficient (Wildman–Crippen LogP) is -1.92. The van der Waals surface area contributed by atoms with E-state index in [1.54, 1.807) is 0 Å². The molecular formula is CH3N3O3S. The molecule has 7 heteroatoms. The van der Waals surface area contributed by atoms with Gasteiger partial charge in [-0.1, -0.05) is 4.40 Å². The van der Waals surface area contributed by atoms with Gasteiger partial charge in [0.25, 0.3) is 0 Å². The zero-order chi connectivity index (χ0) is 6.20. The van der Waals surface area contributed by atoms with Gasteiger partial charge in [0.05, 0.1) is 0 Å². The summed E-state index contributed by atoms with van der Waals surface area (Å²) in [5.41, 5.74) is 6.69. The number of nitrogens with zero attached hydrogens (tertiary/aromatic N) is 1. The highest BCUT2D eigenvalue weighted by Gasteiger charge is 2.17. The minimum Gasteiger partial charge on any atom is -0.367 e. The Morgan fingerprint density at radius 2 is 2.38 bits per heavy atom. The van der Waals surface area contributed by atoms with Crippen LogP contribution < -0.4 is 11.2 Å². The van der Waals surface area contributed by atoms with E-state index >= 15 is 0 Å². The number of nitrogens with two attached hydrogens (primary N) is 1. The van der Waals surface area contributed by atoms with Gasteiger partial charge >= 0.3 is 10.3 Å². The van der Waals surface area contributed by atoms with Crippen molar-refractivity contribution in [3.8, 4) is 0 Å². The Balaban J connectivity index is 3.00. The summed E-state index contributed by atoms with van der Waals surface area (Å²) in [4.78, 5) is 0. The second-order valence-corrected chi connectivity index (χ2v) is 2.29. The normalized spacial score (nSPS) is 24.2. The van der Waals surface area contributed by atoms with Crippen LogP contribution in [-0.4, -0.2) is 14.4 Å². The number of hydrogen-bond donors (Lipinski definition) is 2. The molecule has 1 aliphatic heterocycles. The maximum Gasteiger partial charge on any atom is 0.405 e. The summed E-state index contributed by atoms with van der Waals surface area (Å²) in [6.45, 7) is 0. The average Bonchev–Trinajstić information content (AvgIpc) is 1.82. The summed E-state index contributed by atoms with van der Waals surface area (Å²) in [5.74, 6) is -0.245. The molecule has 8 heavy (non-hydrogen) atoms. The highest BCUT2D eigenvalue weighted by molar-refractivity contribution is 7.85. The first kappa shape index (κ1) is 5.32. The summed E-state index contributed by atoms with van der Waals surface area (Å²) in [5, 5.41) is 0. The van der Waals surface area contributed by atoms with Crippen LogP contribution in [-0.2, 0) is 14.6 Å². The Kier molecular flexibility index (Phi) is 0.882. The van der Waals surface area contributed by atoms with Gasteiger partial charge in [-0.2, -0.15) is 8.42 Å². The molecule has 0 saturated heterocycles. The van der Waals surface area contributed by atoms with Gasteiger partial charge in [-0.05, 0) is 0 Å². The van der Waals surface area contributed by atoms with Crippen molar-refractivity contribution in [1.29, 1.82) is 0 Å². The van der Waals surface area contributed by atoms with E-state index in [9.17, 15) is 8.42 Å². The first-order valence-corrected chi connectivity index (χ1v) is 3.01. The molecule has 3 N–H and O–H groups in total. The quantitative estimate of drug-likeness (QED) is 0.406. The second kappa shape index (κ2) is 1.33. The van der Waals surface area contributed by atoms with Gasteiger partial charge in [0.1, 0.15) is 0 Å². The molecule has 0 aromatic rings. The van der Waals surface area contributed by atoms with Crippen LogP contribution in [0.2, 0.25) is 0 Å². The van der Waals surface area contributed by atoms with E-state index in [4.69, 9.17) is 5.73 Å². The van der Waals surface area contributed by atoms with Gasteiger partial charge < -0.3 is 5.73 Å². The molecule has 0 saturated carbocycles. The summed E-state index contributed by atoms with van der Waals surface area (Å²) in [7, 11) is -3.74. The minimum absolute atomic E-state index is 0.245. The van der Waals surface area contributed by atoms with E-state index in [-0.39, 0.29) is 5.96 Å². The molecule has 46 valence electrons. The van der Waals surface area contributed by atoms with Crippen molar-refractivity contribution in [3.63, 3.8) is 0 Å². The minimum atomic E-state index is -3.74. The molecule has 0 spiro atoms. The number of guanidine groups is 1. The van der Waals surface area contributed by atoms with Crippen LogP contribution in [0.25, 0.3) is 0 Å². The zero-order valence-electron chi connectivity index (χ0n) is 3.66. The third-order valence-electron chi connectivity index (χ3n) is 0.462. The van der Waals surface area contributed by atoms with Crippen LogP contribution in [0.3, 0.4) is 0 Å². The molecule has 0 aliphatic carbocycles. The molecule has 0 aromatic heterocycles. The lowest BCUT2D eigenvalue weighted by Gasteiger charge is -1.84. The summed E-state index contributed by atoms with van der Waals surface area (Å²) in [6.07, 6.45) is 0. The van der Waals surface area contributed by atoms with Gasteiger partial charge in [-0.15, -0.1) is 4.28 Å². The average molecular weight is 137 g/mol.